The monoisotopic (exact) mass is 379 g/mol. The van der Waals surface area contributed by atoms with Gasteiger partial charge in [0.25, 0.3) is 0 Å². The maximum atomic E-state index is 12.9. The Hall–Kier alpha value is -2.73. The predicted molar refractivity (Wildman–Crippen MR) is 106 cm³/mol. The lowest BCUT2D eigenvalue weighted by molar-refractivity contribution is 0.0982. The van der Waals surface area contributed by atoms with Crippen LogP contribution in [0, 0.1) is 12.7 Å². The molecule has 2 aromatic carbocycles. The van der Waals surface area contributed by atoms with Gasteiger partial charge in [0, 0.05) is 23.1 Å². The maximum absolute atomic E-state index is 12.9. The zero-order chi connectivity index (χ0) is 18.8. The Balaban J connectivity index is 1.46. The first-order valence-corrected chi connectivity index (χ1v) is 9.77. The van der Waals surface area contributed by atoms with E-state index >= 15 is 0 Å². The van der Waals surface area contributed by atoms with Gasteiger partial charge in [-0.2, -0.15) is 0 Å². The molecular weight excluding hydrogens is 361 g/mol. The van der Waals surface area contributed by atoms with Crippen LogP contribution in [-0.2, 0) is 0 Å². The average molecular weight is 379 g/mol. The van der Waals surface area contributed by atoms with Crippen molar-refractivity contribution in [2.45, 2.75) is 24.9 Å². The molecule has 4 aromatic rings. The van der Waals surface area contributed by atoms with Crippen molar-refractivity contribution in [3.8, 4) is 0 Å². The Morgan fingerprint density at radius 2 is 1.89 bits per heavy atom. The molecule has 0 saturated carbocycles. The number of para-hydroxylation sites is 1. The number of aryl methyl sites for hydroxylation is 1. The second kappa shape index (κ2) is 7.48. The molecule has 0 aliphatic carbocycles. The summed E-state index contributed by atoms with van der Waals surface area (Å²) in [6, 6.07) is 15.9. The Morgan fingerprint density at radius 3 is 2.70 bits per heavy atom. The van der Waals surface area contributed by atoms with Crippen molar-refractivity contribution in [3.05, 3.63) is 71.5 Å². The van der Waals surface area contributed by atoms with Crippen LogP contribution < -0.4 is 0 Å². The van der Waals surface area contributed by atoms with Crippen LogP contribution in [0.2, 0.25) is 0 Å². The number of hydrogen-bond donors (Lipinski definition) is 0. The van der Waals surface area contributed by atoms with Crippen LogP contribution in [-0.4, -0.2) is 26.1 Å². The first-order chi connectivity index (χ1) is 13.1. The Morgan fingerprint density at radius 1 is 1.11 bits per heavy atom. The van der Waals surface area contributed by atoms with Gasteiger partial charge in [-0.05, 0) is 55.3 Å². The predicted octanol–water partition coefficient (Wildman–Crippen LogP) is 5.09. The lowest BCUT2D eigenvalue weighted by atomic mass is 10.1. The van der Waals surface area contributed by atoms with Crippen molar-refractivity contribution in [2.24, 2.45) is 0 Å². The molecule has 2 heterocycles. The van der Waals surface area contributed by atoms with Gasteiger partial charge < -0.3 is 0 Å². The molecule has 6 heteroatoms. The minimum atomic E-state index is -0.330. The highest BCUT2D eigenvalue weighted by Gasteiger charge is 2.12. The number of carbonyl (C=O) groups is 1. The molecule has 0 fully saturated rings. The van der Waals surface area contributed by atoms with Crippen LogP contribution in [0.5, 0.6) is 0 Å². The zero-order valence-electron chi connectivity index (χ0n) is 14.9. The minimum absolute atomic E-state index is 0.0303. The molecule has 27 heavy (non-hydrogen) atoms. The summed E-state index contributed by atoms with van der Waals surface area (Å²) in [7, 11) is 0. The number of carbonyl (C=O) groups excluding carboxylic acids is 1. The van der Waals surface area contributed by atoms with Gasteiger partial charge in [0.15, 0.2) is 16.6 Å². The number of hydrogen-bond acceptors (Lipinski definition) is 4. The Labute approximate surface area is 160 Å². The minimum Gasteiger partial charge on any atom is -0.294 e. The Kier molecular flexibility index (Phi) is 4.90. The smallest absolute Gasteiger partial charge is 0.196 e. The van der Waals surface area contributed by atoms with Gasteiger partial charge in [0.1, 0.15) is 5.82 Å². The molecule has 0 atom stereocenters. The summed E-state index contributed by atoms with van der Waals surface area (Å²) in [5, 5.41) is 10.6. The van der Waals surface area contributed by atoms with Crippen molar-refractivity contribution in [3.63, 3.8) is 0 Å². The molecule has 0 saturated heterocycles. The largest absolute Gasteiger partial charge is 0.294 e. The number of nitrogens with zero attached hydrogens (tertiary/aromatic N) is 3. The lowest BCUT2D eigenvalue weighted by Crippen LogP contribution is -2.00. The molecular formula is C21H18FN3OS. The van der Waals surface area contributed by atoms with Crippen molar-refractivity contribution in [1.82, 2.24) is 14.6 Å². The van der Waals surface area contributed by atoms with E-state index in [9.17, 15) is 9.18 Å². The Bertz CT molecular complexity index is 1120. The van der Waals surface area contributed by atoms with E-state index in [4.69, 9.17) is 0 Å². The fourth-order valence-corrected chi connectivity index (χ4v) is 4.04. The second-order valence-corrected chi connectivity index (χ2v) is 7.46. The van der Waals surface area contributed by atoms with Gasteiger partial charge in [-0.25, -0.2) is 4.39 Å². The molecule has 0 aliphatic heterocycles. The van der Waals surface area contributed by atoms with Gasteiger partial charge in [0.05, 0.1) is 5.52 Å². The van der Waals surface area contributed by atoms with E-state index in [1.54, 1.807) is 11.8 Å². The number of thioether (sulfide) groups is 1. The third-order valence-electron chi connectivity index (χ3n) is 4.52. The summed E-state index contributed by atoms with van der Waals surface area (Å²) in [6.45, 7) is 2.07. The molecule has 0 N–H and O–H groups in total. The summed E-state index contributed by atoms with van der Waals surface area (Å²) in [5.41, 5.74) is 3.64. The van der Waals surface area contributed by atoms with Gasteiger partial charge in [-0.1, -0.05) is 30.0 Å². The molecule has 0 amide bonds. The number of benzene rings is 2. The number of pyridine rings is 1. The average Bonchev–Trinajstić information content (AvgIpc) is 3.08. The fraction of sp³-hybridized carbons (Fsp3) is 0.190. The van der Waals surface area contributed by atoms with Crippen LogP contribution in [0.15, 0.2) is 59.8 Å². The third-order valence-corrected chi connectivity index (χ3v) is 5.53. The SMILES string of the molecule is Cc1cc2nnc(SCCCC(=O)c3ccc(F)cc3)n2c2ccccc12. The van der Waals surface area contributed by atoms with Crippen LogP contribution in [0.3, 0.4) is 0 Å². The maximum Gasteiger partial charge on any atom is 0.196 e. The second-order valence-electron chi connectivity index (χ2n) is 6.40. The summed E-state index contributed by atoms with van der Waals surface area (Å²) in [4.78, 5) is 12.2. The molecule has 4 nitrogen and oxygen atoms in total. The third kappa shape index (κ3) is 3.57. The molecule has 0 spiro atoms. The van der Waals surface area contributed by atoms with E-state index in [2.05, 4.69) is 33.7 Å². The summed E-state index contributed by atoms with van der Waals surface area (Å²) >= 11 is 1.59. The molecule has 0 unspecified atom stereocenters. The number of rotatable bonds is 6. The van der Waals surface area contributed by atoms with E-state index < -0.39 is 0 Å². The molecule has 0 radical (unpaired) electrons. The quantitative estimate of drug-likeness (QED) is 0.266. The van der Waals surface area contributed by atoms with Gasteiger partial charge in [-0.3, -0.25) is 9.20 Å². The number of ketones is 1. The standard InChI is InChI=1S/C21H18FN3OS/c1-14-13-20-23-24-21(25(20)18-6-3-2-5-17(14)18)27-12-4-7-19(26)15-8-10-16(22)11-9-15/h2-3,5-6,8-11,13H,4,7,12H2,1H3. The summed E-state index contributed by atoms with van der Waals surface area (Å²) < 4.78 is 15.0. The van der Waals surface area contributed by atoms with E-state index in [1.165, 1.54) is 35.2 Å². The van der Waals surface area contributed by atoms with Crippen LogP contribution in [0.25, 0.3) is 16.6 Å². The number of Topliss-reactive ketones (excluding diaryl/α,β-unsaturated/α-hetero) is 1. The number of fused-ring (bicyclic) bond motifs is 3. The van der Waals surface area contributed by atoms with E-state index in [-0.39, 0.29) is 11.6 Å². The van der Waals surface area contributed by atoms with Crippen LogP contribution in [0.4, 0.5) is 4.39 Å². The van der Waals surface area contributed by atoms with E-state index in [0.29, 0.717) is 12.0 Å². The molecule has 0 bridgehead atoms. The highest BCUT2D eigenvalue weighted by Crippen LogP contribution is 2.26. The fourth-order valence-electron chi connectivity index (χ4n) is 3.14. The van der Waals surface area contributed by atoms with Crippen molar-refractivity contribution in [2.75, 3.05) is 5.75 Å². The number of halogens is 1. The molecule has 0 aliphatic rings. The summed E-state index contributed by atoms with van der Waals surface area (Å²) in [5.74, 6) is 0.460. The lowest BCUT2D eigenvalue weighted by Gasteiger charge is -2.07. The van der Waals surface area contributed by atoms with Crippen molar-refractivity contribution in [1.29, 1.82) is 0 Å². The topological polar surface area (TPSA) is 47.3 Å². The summed E-state index contributed by atoms with van der Waals surface area (Å²) in [6.07, 6.45) is 1.15. The highest BCUT2D eigenvalue weighted by molar-refractivity contribution is 7.99. The van der Waals surface area contributed by atoms with Crippen molar-refractivity contribution >= 4 is 34.1 Å². The highest BCUT2D eigenvalue weighted by atomic mass is 32.2. The van der Waals surface area contributed by atoms with Crippen molar-refractivity contribution < 1.29 is 9.18 Å². The first-order valence-electron chi connectivity index (χ1n) is 8.78. The van der Waals surface area contributed by atoms with Crippen LogP contribution in [0.1, 0.15) is 28.8 Å². The van der Waals surface area contributed by atoms with Crippen LogP contribution >= 0.6 is 11.8 Å². The van der Waals surface area contributed by atoms with Gasteiger partial charge in [-0.15, -0.1) is 10.2 Å². The van der Waals surface area contributed by atoms with Gasteiger partial charge in [0.2, 0.25) is 0 Å². The molecule has 136 valence electrons. The van der Waals surface area contributed by atoms with Gasteiger partial charge >= 0.3 is 0 Å². The van der Waals surface area contributed by atoms with E-state index in [0.717, 1.165) is 28.5 Å². The first kappa shape index (κ1) is 17.7. The van der Waals surface area contributed by atoms with E-state index in [1.807, 2.05) is 18.2 Å². The molecule has 2 aromatic heterocycles. The zero-order valence-corrected chi connectivity index (χ0v) is 15.7. The number of aromatic nitrogens is 3. The molecule has 4 rings (SSSR count). The normalized spacial score (nSPS) is 11.3.